The van der Waals surface area contributed by atoms with Gasteiger partial charge in [-0.3, -0.25) is 0 Å². The molecule has 3 nitrogen and oxygen atoms in total. The van der Waals surface area contributed by atoms with Gasteiger partial charge in [0.2, 0.25) is 0 Å². The molecule has 0 spiro atoms. The van der Waals surface area contributed by atoms with Crippen molar-refractivity contribution in [2.45, 2.75) is 32.8 Å². The molecule has 0 amide bonds. The van der Waals surface area contributed by atoms with E-state index >= 15 is 0 Å². The fraction of sp³-hybridized carbons (Fsp3) is 0.353. The van der Waals surface area contributed by atoms with Crippen molar-refractivity contribution < 1.29 is 14.3 Å². The molecule has 0 radical (unpaired) electrons. The van der Waals surface area contributed by atoms with Crippen LogP contribution in [0.2, 0.25) is 0 Å². The van der Waals surface area contributed by atoms with Gasteiger partial charge in [0.25, 0.3) is 0 Å². The number of methoxy groups -OCH3 is 1. The minimum Gasteiger partial charge on any atom is -0.488 e. The van der Waals surface area contributed by atoms with E-state index in [9.17, 15) is 4.79 Å². The zero-order valence-electron chi connectivity index (χ0n) is 12.8. The number of carbonyl (C=O) groups excluding carboxylic acids is 1. The highest BCUT2D eigenvalue weighted by molar-refractivity contribution is 7.13. The van der Waals surface area contributed by atoms with Crippen LogP contribution in [0.4, 0.5) is 0 Å². The van der Waals surface area contributed by atoms with Crippen LogP contribution in [-0.2, 0) is 16.8 Å². The van der Waals surface area contributed by atoms with Crippen molar-refractivity contribution in [2.24, 2.45) is 0 Å². The Hall–Kier alpha value is -1.81. The number of carbonyl (C=O) groups is 1. The highest BCUT2D eigenvalue weighted by atomic mass is 32.1. The van der Waals surface area contributed by atoms with Crippen molar-refractivity contribution in [3.8, 4) is 5.75 Å². The van der Waals surface area contributed by atoms with Gasteiger partial charge in [0.1, 0.15) is 17.2 Å². The van der Waals surface area contributed by atoms with E-state index in [0.717, 1.165) is 10.6 Å². The summed E-state index contributed by atoms with van der Waals surface area (Å²) < 4.78 is 10.4. The van der Waals surface area contributed by atoms with Crippen LogP contribution in [0.25, 0.3) is 0 Å². The normalized spacial score (nSPS) is 11.2. The third kappa shape index (κ3) is 4.08. The summed E-state index contributed by atoms with van der Waals surface area (Å²) in [4.78, 5) is 13.0. The maximum atomic E-state index is 11.4. The van der Waals surface area contributed by atoms with Crippen LogP contribution in [0.1, 0.15) is 40.9 Å². The monoisotopic (exact) mass is 304 g/mol. The molecule has 0 aliphatic heterocycles. The SMILES string of the molecule is COC(=O)c1ccc(COc2ccc(C(C)(C)C)cc2)s1. The van der Waals surface area contributed by atoms with E-state index in [4.69, 9.17) is 4.74 Å². The van der Waals surface area contributed by atoms with Crippen LogP contribution in [0.15, 0.2) is 36.4 Å². The molecule has 2 aromatic rings. The predicted octanol–water partition coefficient (Wildman–Crippen LogP) is 4.41. The number of rotatable bonds is 4. The molecule has 21 heavy (non-hydrogen) atoms. The summed E-state index contributed by atoms with van der Waals surface area (Å²) in [6, 6.07) is 11.8. The van der Waals surface area contributed by atoms with E-state index < -0.39 is 0 Å². The number of hydrogen-bond acceptors (Lipinski definition) is 4. The lowest BCUT2D eigenvalue weighted by Crippen LogP contribution is -2.10. The van der Waals surface area contributed by atoms with Gasteiger partial charge in [-0.1, -0.05) is 32.9 Å². The lowest BCUT2D eigenvalue weighted by molar-refractivity contribution is 0.0606. The van der Waals surface area contributed by atoms with Crippen LogP contribution in [0.3, 0.4) is 0 Å². The van der Waals surface area contributed by atoms with Crippen molar-refractivity contribution in [3.63, 3.8) is 0 Å². The number of ether oxygens (including phenoxy) is 2. The van der Waals surface area contributed by atoms with Crippen molar-refractivity contribution >= 4 is 17.3 Å². The Balaban J connectivity index is 1.97. The Labute approximate surface area is 129 Å². The standard InChI is InChI=1S/C17H20O3S/c1-17(2,3)12-5-7-13(8-6-12)20-11-14-9-10-15(21-14)16(18)19-4/h5-10H,11H2,1-4H3. The highest BCUT2D eigenvalue weighted by Gasteiger charge is 2.13. The fourth-order valence-electron chi connectivity index (χ4n) is 1.87. The maximum Gasteiger partial charge on any atom is 0.348 e. The van der Waals surface area contributed by atoms with Gasteiger partial charge in [0.05, 0.1) is 7.11 Å². The zero-order valence-corrected chi connectivity index (χ0v) is 13.6. The lowest BCUT2D eigenvalue weighted by Gasteiger charge is -2.19. The first-order valence-electron chi connectivity index (χ1n) is 6.80. The molecule has 0 bridgehead atoms. The summed E-state index contributed by atoms with van der Waals surface area (Å²) >= 11 is 1.39. The molecular formula is C17H20O3S. The molecule has 1 aromatic heterocycles. The molecule has 112 valence electrons. The molecular weight excluding hydrogens is 284 g/mol. The molecule has 0 unspecified atom stereocenters. The third-order valence-corrected chi connectivity index (χ3v) is 4.19. The zero-order chi connectivity index (χ0) is 15.5. The topological polar surface area (TPSA) is 35.5 Å². The minimum atomic E-state index is -0.305. The van der Waals surface area contributed by atoms with E-state index in [1.54, 1.807) is 6.07 Å². The van der Waals surface area contributed by atoms with E-state index in [1.165, 1.54) is 24.0 Å². The number of esters is 1. The first-order valence-corrected chi connectivity index (χ1v) is 7.62. The van der Waals surface area contributed by atoms with Crippen LogP contribution < -0.4 is 4.74 Å². The second-order valence-electron chi connectivity index (χ2n) is 5.82. The lowest BCUT2D eigenvalue weighted by atomic mass is 9.87. The summed E-state index contributed by atoms with van der Waals surface area (Å²) in [5.74, 6) is 0.525. The van der Waals surface area contributed by atoms with Crippen molar-refractivity contribution in [1.29, 1.82) is 0 Å². The number of benzene rings is 1. The van der Waals surface area contributed by atoms with Crippen molar-refractivity contribution in [3.05, 3.63) is 51.7 Å². The Bertz CT molecular complexity index is 606. The van der Waals surface area contributed by atoms with Crippen LogP contribution in [0.5, 0.6) is 5.75 Å². The third-order valence-electron chi connectivity index (χ3n) is 3.15. The average molecular weight is 304 g/mol. The molecule has 0 saturated heterocycles. The second kappa shape index (κ2) is 6.31. The van der Waals surface area contributed by atoms with Crippen LogP contribution in [-0.4, -0.2) is 13.1 Å². The molecule has 0 aliphatic carbocycles. The summed E-state index contributed by atoms with van der Waals surface area (Å²) in [5.41, 5.74) is 1.42. The Kier molecular flexibility index (Phi) is 4.68. The first-order chi connectivity index (χ1) is 9.90. The average Bonchev–Trinajstić information content (AvgIpc) is 2.92. The molecule has 0 saturated carbocycles. The largest absolute Gasteiger partial charge is 0.488 e. The Morgan fingerprint density at radius 3 is 2.33 bits per heavy atom. The van der Waals surface area contributed by atoms with Gasteiger partial charge in [0.15, 0.2) is 0 Å². The minimum absolute atomic E-state index is 0.141. The molecule has 0 N–H and O–H groups in total. The molecule has 2 rings (SSSR count). The molecule has 0 aliphatic rings. The highest BCUT2D eigenvalue weighted by Crippen LogP contribution is 2.25. The van der Waals surface area contributed by atoms with E-state index in [2.05, 4.69) is 37.6 Å². The van der Waals surface area contributed by atoms with Gasteiger partial charge in [-0.25, -0.2) is 4.79 Å². The van der Waals surface area contributed by atoms with Gasteiger partial charge in [-0.2, -0.15) is 0 Å². The molecule has 4 heteroatoms. The van der Waals surface area contributed by atoms with Gasteiger partial charge in [-0.15, -0.1) is 11.3 Å². The quantitative estimate of drug-likeness (QED) is 0.785. The number of hydrogen-bond donors (Lipinski definition) is 0. The van der Waals surface area contributed by atoms with Gasteiger partial charge in [0, 0.05) is 4.88 Å². The van der Waals surface area contributed by atoms with Crippen LogP contribution >= 0.6 is 11.3 Å². The summed E-state index contributed by atoms with van der Waals surface area (Å²) in [6.07, 6.45) is 0. The van der Waals surface area contributed by atoms with E-state index in [0.29, 0.717) is 11.5 Å². The maximum absolute atomic E-state index is 11.4. The van der Waals surface area contributed by atoms with Crippen molar-refractivity contribution in [1.82, 2.24) is 0 Å². The smallest absolute Gasteiger partial charge is 0.348 e. The first kappa shape index (κ1) is 15.6. The van der Waals surface area contributed by atoms with E-state index in [-0.39, 0.29) is 11.4 Å². The fourth-order valence-corrected chi connectivity index (χ4v) is 2.71. The van der Waals surface area contributed by atoms with E-state index in [1.807, 2.05) is 18.2 Å². The van der Waals surface area contributed by atoms with Gasteiger partial charge in [-0.05, 0) is 35.2 Å². The van der Waals surface area contributed by atoms with Crippen LogP contribution in [0, 0.1) is 0 Å². The molecule has 1 heterocycles. The predicted molar refractivity (Wildman–Crippen MR) is 85.1 cm³/mol. The summed E-state index contributed by atoms with van der Waals surface area (Å²) in [5, 5.41) is 0. The van der Waals surface area contributed by atoms with Gasteiger partial charge < -0.3 is 9.47 Å². The Morgan fingerprint density at radius 1 is 1.10 bits per heavy atom. The number of thiophene rings is 1. The summed E-state index contributed by atoms with van der Waals surface area (Å²) in [7, 11) is 1.38. The molecule has 1 aromatic carbocycles. The second-order valence-corrected chi connectivity index (χ2v) is 6.99. The Morgan fingerprint density at radius 2 is 1.76 bits per heavy atom. The van der Waals surface area contributed by atoms with Crippen molar-refractivity contribution in [2.75, 3.05) is 7.11 Å². The summed E-state index contributed by atoms with van der Waals surface area (Å²) in [6.45, 7) is 7.01. The molecule has 0 atom stereocenters. The van der Waals surface area contributed by atoms with Gasteiger partial charge >= 0.3 is 5.97 Å². The molecule has 0 fully saturated rings.